The number of hydrogen-bond donors (Lipinski definition) is 0. The molecule has 5 heteroatoms. The second-order valence-electron chi connectivity index (χ2n) is 5.83. The predicted octanol–water partition coefficient (Wildman–Crippen LogP) is 2.22. The fraction of sp³-hybridized carbons (Fsp3) is 0.533. The second kappa shape index (κ2) is 4.58. The van der Waals surface area contributed by atoms with Crippen molar-refractivity contribution in [2.24, 2.45) is 5.92 Å². The Bertz CT molecular complexity index is 672. The van der Waals surface area contributed by atoms with Crippen LogP contribution < -0.4 is 0 Å². The lowest BCUT2D eigenvalue weighted by Crippen LogP contribution is -2.36. The van der Waals surface area contributed by atoms with Crippen molar-refractivity contribution in [1.82, 2.24) is 19.5 Å². The maximum absolute atomic E-state index is 12.6. The van der Waals surface area contributed by atoms with E-state index in [1.807, 2.05) is 31.9 Å². The van der Waals surface area contributed by atoms with Crippen molar-refractivity contribution in [1.29, 1.82) is 0 Å². The summed E-state index contributed by atoms with van der Waals surface area (Å²) in [7, 11) is 1.87. The smallest absolute Gasteiger partial charge is 0.259 e. The number of rotatable bonds is 3. The lowest BCUT2D eigenvalue weighted by Gasteiger charge is -2.24. The lowest BCUT2D eigenvalue weighted by atomic mass is 10.1. The summed E-state index contributed by atoms with van der Waals surface area (Å²) in [5, 5.41) is 4.29. The Morgan fingerprint density at radius 2 is 2.15 bits per heavy atom. The Morgan fingerprint density at radius 1 is 1.45 bits per heavy atom. The maximum atomic E-state index is 12.6. The normalized spacial score (nSPS) is 16.4. The van der Waals surface area contributed by atoms with Crippen molar-refractivity contribution in [3.8, 4) is 0 Å². The van der Waals surface area contributed by atoms with Crippen LogP contribution in [0.4, 0.5) is 0 Å². The molecule has 0 N–H and O–H groups in total. The number of aromatic nitrogens is 3. The zero-order valence-electron chi connectivity index (χ0n) is 12.4. The standard InChI is InChI=1S/C15H20N4O/c1-9-7-10(2)19-14(17-9)13(8-16-19)15(20)18(4)11(3)12-5-6-12/h7-8,11-12H,5-6H2,1-4H3/t11-/m1/s1. The van der Waals surface area contributed by atoms with Crippen LogP contribution >= 0.6 is 0 Å². The quantitative estimate of drug-likeness (QED) is 0.861. The summed E-state index contributed by atoms with van der Waals surface area (Å²) in [6.45, 7) is 6.02. The zero-order valence-corrected chi connectivity index (χ0v) is 12.4. The van der Waals surface area contributed by atoms with E-state index in [-0.39, 0.29) is 11.9 Å². The topological polar surface area (TPSA) is 50.5 Å². The van der Waals surface area contributed by atoms with Gasteiger partial charge in [0, 0.05) is 24.5 Å². The first-order valence-electron chi connectivity index (χ1n) is 7.08. The molecule has 1 aliphatic carbocycles. The van der Waals surface area contributed by atoms with Crippen molar-refractivity contribution in [3.05, 3.63) is 29.2 Å². The fourth-order valence-corrected chi connectivity index (χ4v) is 2.69. The largest absolute Gasteiger partial charge is 0.339 e. The van der Waals surface area contributed by atoms with Gasteiger partial charge in [0.2, 0.25) is 0 Å². The molecule has 2 aromatic rings. The Labute approximate surface area is 118 Å². The van der Waals surface area contributed by atoms with Crippen LogP contribution in [0.15, 0.2) is 12.3 Å². The highest BCUT2D eigenvalue weighted by molar-refractivity contribution is 5.99. The van der Waals surface area contributed by atoms with Crippen LogP contribution in [-0.4, -0.2) is 38.5 Å². The third-order valence-electron chi connectivity index (χ3n) is 4.24. The molecule has 1 saturated carbocycles. The molecule has 1 atom stereocenters. The monoisotopic (exact) mass is 272 g/mol. The third-order valence-corrected chi connectivity index (χ3v) is 4.24. The molecule has 5 nitrogen and oxygen atoms in total. The number of amides is 1. The van der Waals surface area contributed by atoms with Gasteiger partial charge in [0.15, 0.2) is 5.65 Å². The van der Waals surface area contributed by atoms with Gasteiger partial charge < -0.3 is 4.90 Å². The van der Waals surface area contributed by atoms with E-state index >= 15 is 0 Å². The Balaban J connectivity index is 1.99. The molecular formula is C15H20N4O. The fourth-order valence-electron chi connectivity index (χ4n) is 2.69. The number of carbonyl (C=O) groups is 1. The van der Waals surface area contributed by atoms with Gasteiger partial charge in [-0.3, -0.25) is 4.79 Å². The molecule has 20 heavy (non-hydrogen) atoms. The SMILES string of the molecule is Cc1cc(C)n2ncc(C(=O)N(C)[C@H](C)C3CC3)c2n1. The van der Waals surface area contributed by atoms with Crippen molar-refractivity contribution in [2.75, 3.05) is 7.05 Å². The number of hydrogen-bond acceptors (Lipinski definition) is 3. The maximum Gasteiger partial charge on any atom is 0.259 e. The van der Waals surface area contributed by atoms with Gasteiger partial charge in [0.05, 0.1) is 6.20 Å². The second-order valence-corrected chi connectivity index (χ2v) is 5.83. The molecule has 1 aliphatic rings. The Kier molecular flexibility index (Phi) is 3.00. The van der Waals surface area contributed by atoms with E-state index < -0.39 is 0 Å². The average Bonchev–Trinajstić information content (AvgIpc) is 3.16. The molecule has 0 saturated heterocycles. The Hall–Kier alpha value is -1.91. The predicted molar refractivity (Wildman–Crippen MR) is 76.7 cm³/mol. The van der Waals surface area contributed by atoms with Crippen LogP contribution in [0, 0.1) is 19.8 Å². The van der Waals surface area contributed by atoms with Gasteiger partial charge in [0.1, 0.15) is 5.56 Å². The molecule has 2 aromatic heterocycles. The highest BCUT2D eigenvalue weighted by Gasteiger charge is 2.33. The summed E-state index contributed by atoms with van der Waals surface area (Å²) < 4.78 is 1.73. The van der Waals surface area contributed by atoms with Gasteiger partial charge in [-0.1, -0.05) is 0 Å². The first-order chi connectivity index (χ1) is 9.49. The van der Waals surface area contributed by atoms with E-state index in [2.05, 4.69) is 17.0 Å². The first-order valence-corrected chi connectivity index (χ1v) is 7.08. The van der Waals surface area contributed by atoms with Gasteiger partial charge >= 0.3 is 0 Å². The Morgan fingerprint density at radius 3 is 2.80 bits per heavy atom. The number of carbonyl (C=O) groups excluding carboxylic acids is 1. The highest BCUT2D eigenvalue weighted by Crippen LogP contribution is 2.35. The summed E-state index contributed by atoms with van der Waals surface area (Å²) in [5.74, 6) is 0.666. The molecular weight excluding hydrogens is 252 g/mol. The first kappa shape index (κ1) is 13.1. The van der Waals surface area contributed by atoms with Crippen LogP contribution in [0.5, 0.6) is 0 Å². The summed E-state index contributed by atoms with van der Waals surface area (Å²) >= 11 is 0. The van der Waals surface area contributed by atoms with Crippen LogP contribution in [0.3, 0.4) is 0 Å². The summed E-state index contributed by atoms with van der Waals surface area (Å²) in [6, 6.07) is 2.24. The average molecular weight is 272 g/mol. The van der Waals surface area contributed by atoms with E-state index in [9.17, 15) is 4.79 Å². The molecule has 2 heterocycles. The number of aryl methyl sites for hydroxylation is 2. The molecule has 1 amide bonds. The molecule has 0 aromatic carbocycles. The minimum absolute atomic E-state index is 0.0110. The number of fused-ring (bicyclic) bond motifs is 1. The molecule has 106 valence electrons. The van der Waals surface area contributed by atoms with Gasteiger partial charge in [0.25, 0.3) is 5.91 Å². The third kappa shape index (κ3) is 2.07. The van der Waals surface area contributed by atoms with Crippen molar-refractivity contribution >= 4 is 11.6 Å². The zero-order chi connectivity index (χ0) is 14.4. The highest BCUT2D eigenvalue weighted by atomic mass is 16.2. The van der Waals surface area contributed by atoms with Gasteiger partial charge in [-0.05, 0) is 45.6 Å². The molecule has 3 rings (SSSR count). The van der Waals surface area contributed by atoms with E-state index in [1.165, 1.54) is 12.8 Å². The van der Waals surface area contributed by atoms with Crippen molar-refractivity contribution in [2.45, 2.75) is 39.7 Å². The van der Waals surface area contributed by atoms with Crippen LogP contribution in [0.2, 0.25) is 0 Å². The van der Waals surface area contributed by atoms with Crippen LogP contribution in [0.1, 0.15) is 41.5 Å². The van der Waals surface area contributed by atoms with E-state index in [1.54, 1.807) is 10.7 Å². The summed E-state index contributed by atoms with van der Waals surface area (Å²) in [5.41, 5.74) is 3.14. The van der Waals surface area contributed by atoms with Crippen LogP contribution in [-0.2, 0) is 0 Å². The minimum atomic E-state index is 0.0110. The van der Waals surface area contributed by atoms with Gasteiger partial charge in [-0.2, -0.15) is 5.10 Å². The summed E-state index contributed by atoms with van der Waals surface area (Å²) in [6.07, 6.45) is 4.08. The van der Waals surface area contributed by atoms with E-state index in [4.69, 9.17) is 0 Å². The van der Waals surface area contributed by atoms with E-state index in [0.717, 1.165) is 11.4 Å². The molecule has 0 unspecified atom stereocenters. The molecule has 0 spiro atoms. The van der Waals surface area contributed by atoms with Gasteiger partial charge in [-0.15, -0.1) is 0 Å². The van der Waals surface area contributed by atoms with Crippen molar-refractivity contribution in [3.63, 3.8) is 0 Å². The molecule has 0 radical (unpaired) electrons. The molecule has 1 fully saturated rings. The van der Waals surface area contributed by atoms with Crippen LogP contribution in [0.25, 0.3) is 5.65 Å². The van der Waals surface area contributed by atoms with Crippen molar-refractivity contribution < 1.29 is 4.79 Å². The number of nitrogens with zero attached hydrogens (tertiary/aromatic N) is 4. The van der Waals surface area contributed by atoms with E-state index in [0.29, 0.717) is 17.1 Å². The molecule has 0 aliphatic heterocycles. The minimum Gasteiger partial charge on any atom is -0.339 e. The van der Waals surface area contributed by atoms with Gasteiger partial charge in [-0.25, -0.2) is 9.50 Å². The summed E-state index contributed by atoms with van der Waals surface area (Å²) in [4.78, 5) is 18.9. The lowest BCUT2D eigenvalue weighted by molar-refractivity contribution is 0.0729. The molecule has 0 bridgehead atoms.